The van der Waals surface area contributed by atoms with Crippen LogP contribution in [0.15, 0.2) is 18.2 Å². The third kappa shape index (κ3) is 1.97. The highest BCUT2D eigenvalue weighted by molar-refractivity contribution is 5.95. The molecular formula is C14H13NO4. The fourth-order valence-corrected chi connectivity index (χ4v) is 2.22. The van der Waals surface area contributed by atoms with Gasteiger partial charge in [0.1, 0.15) is 0 Å². The molecule has 5 heteroatoms. The molecule has 3 rings (SSSR count). The van der Waals surface area contributed by atoms with E-state index in [2.05, 4.69) is 4.98 Å². The van der Waals surface area contributed by atoms with E-state index in [1.165, 1.54) is 0 Å². The highest BCUT2D eigenvalue weighted by Gasteiger charge is 2.18. The lowest BCUT2D eigenvalue weighted by molar-refractivity contribution is 0.0695. The van der Waals surface area contributed by atoms with Crippen LogP contribution in [-0.4, -0.2) is 22.9 Å². The molecule has 0 aliphatic carbocycles. The summed E-state index contributed by atoms with van der Waals surface area (Å²) >= 11 is 0. The highest BCUT2D eigenvalue weighted by atomic mass is 16.7. The van der Waals surface area contributed by atoms with Crippen LogP contribution in [-0.2, 0) is 6.42 Å². The minimum absolute atomic E-state index is 0.194. The van der Waals surface area contributed by atoms with Crippen LogP contribution >= 0.6 is 0 Å². The summed E-state index contributed by atoms with van der Waals surface area (Å²) in [6, 6.07) is 5.22. The van der Waals surface area contributed by atoms with E-state index in [4.69, 9.17) is 9.47 Å². The lowest BCUT2D eigenvalue weighted by atomic mass is 10.1. The molecule has 0 spiro atoms. The normalized spacial score (nSPS) is 12.9. The van der Waals surface area contributed by atoms with E-state index >= 15 is 0 Å². The van der Waals surface area contributed by atoms with Crippen molar-refractivity contribution in [1.29, 1.82) is 0 Å². The number of aromatic nitrogens is 1. The first-order valence-electron chi connectivity index (χ1n) is 6.15. The summed E-state index contributed by atoms with van der Waals surface area (Å²) < 4.78 is 10.6. The standard InChI is InChI=1S/C14H13NO4/c1-2-3-10-9(14(16)17)4-8-5-12-13(19-7-18-12)6-11(8)15-10/h4-6H,2-3,7H2,1H3,(H,16,17). The molecule has 1 aromatic carbocycles. The van der Waals surface area contributed by atoms with Crippen LogP contribution in [0.4, 0.5) is 0 Å². The fourth-order valence-electron chi connectivity index (χ4n) is 2.22. The Hall–Kier alpha value is -2.30. The fraction of sp³-hybridized carbons (Fsp3) is 0.286. The molecule has 1 aliphatic heterocycles. The van der Waals surface area contributed by atoms with Crippen LogP contribution in [0.3, 0.4) is 0 Å². The van der Waals surface area contributed by atoms with Gasteiger partial charge in [-0.15, -0.1) is 0 Å². The molecule has 0 atom stereocenters. The molecule has 5 nitrogen and oxygen atoms in total. The van der Waals surface area contributed by atoms with Crippen LogP contribution < -0.4 is 9.47 Å². The molecule has 0 fully saturated rings. The van der Waals surface area contributed by atoms with E-state index in [9.17, 15) is 9.90 Å². The topological polar surface area (TPSA) is 68.7 Å². The van der Waals surface area contributed by atoms with Gasteiger partial charge in [0.15, 0.2) is 11.5 Å². The second-order valence-corrected chi connectivity index (χ2v) is 4.44. The van der Waals surface area contributed by atoms with Gasteiger partial charge in [-0.25, -0.2) is 4.79 Å². The highest BCUT2D eigenvalue weighted by Crippen LogP contribution is 2.36. The first kappa shape index (κ1) is 11.8. The first-order valence-corrected chi connectivity index (χ1v) is 6.15. The first-order chi connectivity index (χ1) is 9.19. The van der Waals surface area contributed by atoms with Gasteiger partial charge in [-0.3, -0.25) is 4.98 Å². The molecule has 2 heterocycles. The van der Waals surface area contributed by atoms with Gasteiger partial charge in [-0.1, -0.05) is 13.3 Å². The molecule has 1 aromatic heterocycles. The number of aryl methyl sites for hydroxylation is 1. The Morgan fingerprint density at radius 3 is 2.74 bits per heavy atom. The largest absolute Gasteiger partial charge is 0.478 e. The van der Waals surface area contributed by atoms with Crippen molar-refractivity contribution in [3.05, 3.63) is 29.5 Å². The smallest absolute Gasteiger partial charge is 0.337 e. The Morgan fingerprint density at radius 1 is 1.32 bits per heavy atom. The number of ether oxygens (including phenoxy) is 2. The molecule has 1 aliphatic rings. The number of rotatable bonds is 3. The van der Waals surface area contributed by atoms with Gasteiger partial charge in [-0.05, 0) is 18.6 Å². The number of pyridine rings is 1. The van der Waals surface area contributed by atoms with E-state index < -0.39 is 5.97 Å². The molecule has 2 aromatic rings. The maximum absolute atomic E-state index is 11.3. The van der Waals surface area contributed by atoms with E-state index in [1.807, 2.05) is 6.92 Å². The maximum atomic E-state index is 11.3. The van der Waals surface area contributed by atoms with Crippen molar-refractivity contribution in [2.24, 2.45) is 0 Å². The summed E-state index contributed by atoms with van der Waals surface area (Å²) in [6.07, 6.45) is 1.50. The summed E-state index contributed by atoms with van der Waals surface area (Å²) in [5, 5.41) is 10.0. The number of aromatic carboxylic acids is 1. The van der Waals surface area contributed by atoms with E-state index in [0.29, 0.717) is 23.6 Å². The average Bonchev–Trinajstić information content (AvgIpc) is 2.82. The quantitative estimate of drug-likeness (QED) is 0.917. The van der Waals surface area contributed by atoms with Crippen LogP contribution in [0, 0.1) is 0 Å². The van der Waals surface area contributed by atoms with E-state index in [-0.39, 0.29) is 12.4 Å². The molecule has 0 saturated carbocycles. The lowest BCUT2D eigenvalue weighted by Gasteiger charge is -2.07. The summed E-state index contributed by atoms with van der Waals surface area (Å²) in [6.45, 7) is 2.19. The average molecular weight is 259 g/mol. The lowest BCUT2D eigenvalue weighted by Crippen LogP contribution is -2.05. The minimum atomic E-state index is -0.949. The zero-order valence-corrected chi connectivity index (χ0v) is 10.5. The predicted molar refractivity (Wildman–Crippen MR) is 68.8 cm³/mol. The molecule has 0 radical (unpaired) electrons. The van der Waals surface area contributed by atoms with Crippen molar-refractivity contribution in [2.45, 2.75) is 19.8 Å². The van der Waals surface area contributed by atoms with Crippen LogP contribution in [0.2, 0.25) is 0 Å². The molecule has 98 valence electrons. The molecule has 0 unspecified atom stereocenters. The minimum Gasteiger partial charge on any atom is -0.478 e. The molecule has 19 heavy (non-hydrogen) atoms. The van der Waals surface area contributed by atoms with Crippen molar-refractivity contribution in [1.82, 2.24) is 4.98 Å². The number of carboxylic acids is 1. The maximum Gasteiger partial charge on any atom is 0.337 e. The number of hydrogen-bond donors (Lipinski definition) is 1. The Labute approximate surface area is 109 Å². The number of carbonyl (C=O) groups is 1. The Kier molecular flexibility index (Phi) is 2.74. The molecule has 0 saturated heterocycles. The van der Waals surface area contributed by atoms with Crippen molar-refractivity contribution in [3.8, 4) is 11.5 Å². The molecular weight excluding hydrogens is 246 g/mol. The number of fused-ring (bicyclic) bond motifs is 2. The summed E-state index contributed by atoms with van der Waals surface area (Å²) in [7, 11) is 0. The number of carboxylic acid groups (broad SMARTS) is 1. The van der Waals surface area contributed by atoms with Crippen LogP contribution in [0.25, 0.3) is 10.9 Å². The Balaban J connectivity index is 2.22. The van der Waals surface area contributed by atoms with Crippen molar-refractivity contribution in [2.75, 3.05) is 6.79 Å². The van der Waals surface area contributed by atoms with Gasteiger partial charge in [-0.2, -0.15) is 0 Å². The van der Waals surface area contributed by atoms with Gasteiger partial charge in [0, 0.05) is 11.5 Å². The molecule has 0 bridgehead atoms. The third-order valence-corrected chi connectivity index (χ3v) is 3.11. The number of nitrogens with zero attached hydrogens (tertiary/aromatic N) is 1. The Morgan fingerprint density at radius 2 is 2.05 bits per heavy atom. The predicted octanol–water partition coefficient (Wildman–Crippen LogP) is 2.61. The van der Waals surface area contributed by atoms with Gasteiger partial charge in [0.25, 0.3) is 0 Å². The molecule has 0 amide bonds. The number of benzene rings is 1. The van der Waals surface area contributed by atoms with Crippen molar-refractivity contribution < 1.29 is 19.4 Å². The zero-order valence-electron chi connectivity index (χ0n) is 10.5. The van der Waals surface area contributed by atoms with Gasteiger partial charge < -0.3 is 14.6 Å². The van der Waals surface area contributed by atoms with E-state index in [0.717, 1.165) is 17.3 Å². The Bertz CT molecular complexity index is 666. The van der Waals surface area contributed by atoms with Gasteiger partial charge >= 0.3 is 5.97 Å². The summed E-state index contributed by atoms with van der Waals surface area (Å²) in [5.41, 5.74) is 1.60. The van der Waals surface area contributed by atoms with Gasteiger partial charge in [0.05, 0.1) is 16.8 Å². The summed E-state index contributed by atoms with van der Waals surface area (Å²) in [5.74, 6) is 0.343. The van der Waals surface area contributed by atoms with Crippen LogP contribution in [0.5, 0.6) is 11.5 Å². The van der Waals surface area contributed by atoms with Crippen molar-refractivity contribution in [3.63, 3.8) is 0 Å². The second kappa shape index (κ2) is 4.42. The van der Waals surface area contributed by atoms with Gasteiger partial charge in [0.2, 0.25) is 6.79 Å². The third-order valence-electron chi connectivity index (χ3n) is 3.11. The monoisotopic (exact) mass is 259 g/mol. The second-order valence-electron chi connectivity index (χ2n) is 4.44. The number of hydrogen-bond acceptors (Lipinski definition) is 4. The van der Waals surface area contributed by atoms with Crippen LogP contribution in [0.1, 0.15) is 29.4 Å². The van der Waals surface area contributed by atoms with E-state index in [1.54, 1.807) is 18.2 Å². The molecule has 1 N–H and O–H groups in total. The summed E-state index contributed by atoms with van der Waals surface area (Å²) in [4.78, 5) is 15.7. The van der Waals surface area contributed by atoms with Crippen molar-refractivity contribution >= 4 is 16.9 Å². The zero-order chi connectivity index (χ0) is 13.4. The SMILES string of the molecule is CCCc1nc2cc3c(cc2cc1C(=O)O)OCO3.